The molecule has 7 nitrogen and oxygen atoms in total. The van der Waals surface area contributed by atoms with Crippen LogP contribution in [0.1, 0.15) is 57.3 Å². The van der Waals surface area contributed by atoms with Gasteiger partial charge >= 0.3 is 12.4 Å². The summed E-state index contributed by atoms with van der Waals surface area (Å²) in [6, 6.07) is 16.0. The Balaban J connectivity index is 1.22. The number of hydrogen-bond acceptors (Lipinski definition) is 7. The highest BCUT2D eigenvalue weighted by atomic mass is 19.4. The van der Waals surface area contributed by atoms with Crippen LogP contribution in [0, 0.1) is 13.8 Å². The number of methoxy groups -OCH3 is 1. The fourth-order valence-corrected chi connectivity index (χ4v) is 7.72. The minimum atomic E-state index is -4.69. The van der Waals surface area contributed by atoms with E-state index in [2.05, 4.69) is 4.98 Å². The molecule has 7 rings (SSSR count). The average molecular weight is 766 g/mol. The summed E-state index contributed by atoms with van der Waals surface area (Å²) < 4.78 is 97.5. The number of likely N-dealkylation sites (tertiary alicyclic amines) is 2. The number of nitrogens with zero attached hydrogens (tertiary/aromatic N) is 3. The second kappa shape index (κ2) is 15.1. The van der Waals surface area contributed by atoms with Gasteiger partial charge in [0.05, 0.1) is 24.9 Å². The quantitative estimate of drug-likeness (QED) is 0.115. The van der Waals surface area contributed by atoms with Gasteiger partial charge in [0.1, 0.15) is 16.8 Å². The number of alkyl halides is 6. The van der Waals surface area contributed by atoms with E-state index in [0.29, 0.717) is 72.6 Å². The molecule has 0 radical (unpaired) electrons. The monoisotopic (exact) mass is 765 g/mol. The van der Waals surface area contributed by atoms with Gasteiger partial charge in [-0.1, -0.05) is 42.5 Å². The number of oxazole rings is 1. The first-order chi connectivity index (χ1) is 26.1. The molecule has 2 N–H and O–H groups in total. The first-order valence-electron chi connectivity index (χ1n) is 18.1. The zero-order valence-corrected chi connectivity index (χ0v) is 30.6. The van der Waals surface area contributed by atoms with Gasteiger partial charge in [0, 0.05) is 50.4 Å². The Labute approximate surface area is 314 Å². The topological polar surface area (TPSA) is 82.2 Å². The summed E-state index contributed by atoms with van der Waals surface area (Å²) in [5.74, 6) is 0.344. The van der Waals surface area contributed by atoms with Crippen LogP contribution in [-0.2, 0) is 25.4 Å². The largest absolute Gasteiger partial charge is 0.496 e. The Morgan fingerprint density at radius 2 is 1.36 bits per heavy atom. The van der Waals surface area contributed by atoms with Gasteiger partial charge in [-0.3, -0.25) is 9.80 Å². The van der Waals surface area contributed by atoms with Crippen LogP contribution in [0.25, 0.3) is 45.8 Å². The first-order valence-corrected chi connectivity index (χ1v) is 18.1. The molecule has 0 saturated carbocycles. The van der Waals surface area contributed by atoms with Crippen LogP contribution >= 0.6 is 0 Å². The summed E-state index contributed by atoms with van der Waals surface area (Å²) >= 11 is 0. The molecular weight excluding hydrogens is 724 g/mol. The lowest BCUT2D eigenvalue weighted by molar-refractivity contribution is -0.138. The van der Waals surface area contributed by atoms with Gasteiger partial charge in [0.25, 0.3) is 0 Å². The number of fused-ring (bicyclic) bond motifs is 1. The van der Waals surface area contributed by atoms with Gasteiger partial charge in [-0.05, 0) is 96.0 Å². The van der Waals surface area contributed by atoms with Crippen molar-refractivity contribution in [1.82, 2.24) is 14.8 Å². The van der Waals surface area contributed by atoms with Crippen LogP contribution in [0.3, 0.4) is 0 Å². The Hall–Kier alpha value is -4.69. The predicted octanol–water partition coefficient (Wildman–Crippen LogP) is 9.13. The molecule has 2 fully saturated rings. The van der Waals surface area contributed by atoms with Gasteiger partial charge in [-0.25, -0.2) is 4.98 Å². The van der Waals surface area contributed by atoms with Crippen LogP contribution < -0.4 is 4.74 Å². The molecule has 290 valence electrons. The van der Waals surface area contributed by atoms with Crippen LogP contribution in [0.2, 0.25) is 0 Å². The fourth-order valence-electron chi connectivity index (χ4n) is 7.72. The van der Waals surface area contributed by atoms with Gasteiger partial charge in [0.15, 0.2) is 5.58 Å². The zero-order valence-electron chi connectivity index (χ0n) is 30.6. The van der Waals surface area contributed by atoms with E-state index >= 15 is 0 Å². The third-order valence-electron chi connectivity index (χ3n) is 10.6. The maximum atomic E-state index is 14.4. The Morgan fingerprint density at radius 3 is 1.98 bits per heavy atom. The second-order valence-corrected chi connectivity index (χ2v) is 14.4. The molecule has 0 amide bonds. The minimum absolute atomic E-state index is 0.0280. The van der Waals surface area contributed by atoms with Gasteiger partial charge in [-0.2, -0.15) is 26.3 Å². The van der Waals surface area contributed by atoms with Crippen molar-refractivity contribution in [3.8, 4) is 28.3 Å². The molecule has 2 aliphatic heterocycles. The summed E-state index contributed by atoms with van der Waals surface area (Å²) in [5, 5.41) is 19.8. The molecule has 2 atom stereocenters. The molecule has 4 aromatic carbocycles. The van der Waals surface area contributed by atoms with E-state index in [1.54, 1.807) is 36.4 Å². The summed E-state index contributed by atoms with van der Waals surface area (Å²) in [6.07, 6.45) is -6.18. The number of hydrogen-bond donors (Lipinski definition) is 2. The SMILES string of the molecule is COc1cc(/C=C/c2cccc(-c3cccc(-c4nc5cc(CN6CC[C@@H](O)C6)cc(C(F)(F)F)c5o4)c3C)c2C)c(C(F)(F)F)cc1CN1CC[C@@H](O)C1. The average Bonchev–Trinajstić information content (AvgIpc) is 3.86. The summed E-state index contributed by atoms with van der Waals surface area (Å²) in [7, 11) is 1.41. The Bertz CT molecular complexity index is 2250. The molecule has 2 saturated heterocycles. The van der Waals surface area contributed by atoms with E-state index < -0.39 is 35.7 Å². The van der Waals surface area contributed by atoms with E-state index in [9.17, 15) is 36.6 Å². The fraction of sp³-hybridized carbons (Fsp3) is 0.357. The van der Waals surface area contributed by atoms with Crippen molar-refractivity contribution in [3.05, 3.63) is 105 Å². The molecule has 0 aliphatic carbocycles. The highest BCUT2D eigenvalue weighted by Crippen LogP contribution is 2.41. The lowest BCUT2D eigenvalue weighted by Crippen LogP contribution is -2.22. The van der Waals surface area contributed by atoms with Crippen LogP contribution in [-0.4, -0.2) is 70.5 Å². The van der Waals surface area contributed by atoms with Crippen molar-refractivity contribution >= 4 is 23.3 Å². The van der Waals surface area contributed by atoms with Gasteiger partial charge in [0.2, 0.25) is 5.89 Å². The van der Waals surface area contributed by atoms with E-state index in [0.717, 1.165) is 28.8 Å². The third-order valence-corrected chi connectivity index (χ3v) is 10.6. The molecule has 3 heterocycles. The number of aliphatic hydroxyl groups is 2. The van der Waals surface area contributed by atoms with Crippen molar-refractivity contribution in [3.63, 3.8) is 0 Å². The van der Waals surface area contributed by atoms with Crippen molar-refractivity contribution in [2.24, 2.45) is 0 Å². The van der Waals surface area contributed by atoms with Crippen LogP contribution in [0.5, 0.6) is 5.75 Å². The molecule has 2 aliphatic rings. The van der Waals surface area contributed by atoms with E-state index in [4.69, 9.17) is 9.15 Å². The molecule has 13 heteroatoms. The number of rotatable bonds is 9. The van der Waals surface area contributed by atoms with Crippen molar-refractivity contribution < 1.29 is 45.7 Å². The van der Waals surface area contributed by atoms with E-state index in [1.165, 1.54) is 19.3 Å². The summed E-state index contributed by atoms with van der Waals surface area (Å²) in [6.45, 7) is 6.04. The zero-order chi connectivity index (χ0) is 39.2. The van der Waals surface area contributed by atoms with Gasteiger partial charge in [-0.15, -0.1) is 0 Å². The number of aromatic nitrogens is 1. The summed E-state index contributed by atoms with van der Waals surface area (Å²) in [5.41, 5.74) is 2.89. The maximum Gasteiger partial charge on any atom is 0.420 e. The molecule has 0 unspecified atom stereocenters. The number of aliphatic hydroxyl groups excluding tert-OH is 2. The van der Waals surface area contributed by atoms with Crippen LogP contribution in [0.4, 0.5) is 26.3 Å². The number of benzene rings is 4. The standard InChI is InChI=1S/C42H41F6N3O4/c1-24-27(10-11-28-19-38(54-3)29(18-35(28)41(43,44)45)21-51-15-13-31(53)23-51)6-4-7-32(24)33-8-5-9-34(25(33)2)40-49-37-17-26(20-50-14-12-30(52)22-50)16-36(39(37)55-40)42(46,47)48/h4-11,16-19,30-31,52-53H,12-15,20-23H2,1-3H3/b11-10+/t30-,31-/m1/s1. The minimum Gasteiger partial charge on any atom is -0.496 e. The smallest absolute Gasteiger partial charge is 0.420 e. The van der Waals surface area contributed by atoms with Crippen molar-refractivity contribution in [2.45, 2.75) is 64.3 Å². The normalized spacial score (nSPS) is 18.7. The lowest BCUT2D eigenvalue weighted by atomic mass is 9.91. The molecule has 0 bridgehead atoms. The van der Waals surface area contributed by atoms with Crippen molar-refractivity contribution in [2.75, 3.05) is 33.3 Å². The predicted molar refractivity (Wildman–Crippen MR) is 198 cm³/mol. The molecule has 5 aromatic rings. The first kappa shape index (κ1) is 38.6. The molecular formula is C42H41F6N3O4. The van der Waals surface area contributed by atoms with Crippen LogP contribution in [0.15, 0.2) is 65.1 Å². The lowest BCUT2D eigenvalue weighted by Gasteiger charge is -2.20. The molecule has 0 spiro atoms. The highest BCUT2D eigenvalue weighted by molar-refractivity contribution is 5.85. The highest BCUT2D eigenvalue weighted by Gasteiger charge is 2.37. The second-order valence-electron chi connectivity index (χ2n) is 14.4. The third kappa shape index (κ3) is 8.16. The number of β-amino-alcohol motifs (C(OH)–C–C–N with tert-alkyl or cyclic N) is 2. The van der Waals surface area contributed by atoms with E-state index in [1.807, 2.05) is 35.8 Å². The Kier molecular flexibility index (Phi) is 10.6. The number of ether oxygens (including phenoxy) is 1. The molecule has 55 heavy (non-hydrogen) atoms. The summed E-state index contributed by atoms with van der Waals surface area (Å²) in [4.78, 5) is 8.32. The molecule has 1 aromatic heterocycles. The van der Waals surface area contributed by atoms with Gasteiger partial charge < -0.3 is 19.4 Å². The number of halogens is 6. The van der Waals surface area contributed by atoms with E-state index in [-0.39, 0.29) is 35.6 Å². The van der Waals surface area contributed by atoms with Crippen molar-refractivity contribution in [1.29, 1.82) is 0 Å². The maximum absolute atomic E-state index is 14.4. The Morgan fingerprint density at radius 1 is 0.764 bits per heavy atom.